The van der Waals surface area contributed by atoms with Gasteiger partial charge in [0, 0.05) is 15.6 Å². The molecule has 0 saturated heterocycles. The quantitative estimate of drug-likeness (QED) is 0.461. The first-order valence-corrected chi connectivity index (χ1v) is 12.0. The van der Waals surface area contributed by atoms with Gasteiger partial charge in [-0.1, -0.05) is 29.3 Å². The minimum atomic E-state index is -0.535. The molecule has 1 N–H and O–H groups in total. The maximum absolute atomic E-state index is 13.6. The summed E-state index contributed by atoms with van der Waals surface area (Å²) >= 11 is 7.48. The van der Waals surface area contributed by atoms with Gasteiger partial charge in [0.2, 0.25) is 5.91 Å². The molecule has 0 saturated carbocycles. The highest BCUT2D eigenvalue weighted by molar-refractivity contribution is 7.18. The summed E-state index contributed by atoms with van der Waals surface area (Å²) in [5, 5.41) is 3.91. The first-order valence-electron chi connectivity index (χ1n) is 10.8. The van der Waals surface area contributed by atoms with Gasteiger partial charge in [0.05, 0.1) is 11.1 Å². The summed E-state index contributed by atoms with van der Waals surface area (Å²) in [6.45, 7) is 1.79. The van der Waals surface area contributed by atoms with Crippen molar-refractivity contribution in [2.45, 2.75) is 39.2 Å². The number of nitrogens with zero attached hydrogens (tertiary/aromatic N) is 2. The van der Waals surface area contributed by atoms with Crippen molar-refractivity contribution >= 4 is 44.7 Å². The minimum Gasteiger partial charge on any atom is -0.325 e. The molecule has 33 heavy (non-hydrogen) atoms. The lowest BCUT2D eigenvalue weighted by atomic mass is 9.97. The Kier molecular flexibility index (Phi) is 5.68. The van der Waals surface area contributed by atoms with Gasteiger partial charge >= 0.3 is 5.69 Å². The molecular formula is C25H22ClN3O3S. The average Bonchev–Trinajstić information content (AvgIpc) is 3.19. The second-order valence-electron chi connectivity index (χ2n) is 8.29. The van der Waals surface area contributed by atoms with Crippen LogP contribution >= 0.6 is 22.9 Å². The lowest BCUT2D eigenvalue weighted by Crippen LogP contribution is -2.40. The van der Waals surface area contributed by atoms with Gasteiger partial charge in [-0.25, -0.2) is 9.36 Å². The molecule has 0 aliphatic heterocycles. The molecule has 6 nitrogen and oxygen atoms in total. The van der Waals surface area contributed by atoms with Crippen LogP contribution in [-0.4, -0.2) is 15.0 Å². The fourth-order valence-electron chi connectivity index (χ4n) is 4.31. The Bertz CT molecular complexity index is 1480. The van der Waals surface area contributed by atoms with Crippen molar-refractivity contribution in [2.24, 2.45) is 0 Å². The fraction of sp³-hybridized carbons (Fsp3) is 0.240. The van der Waals surface area contributed by atoms with E-state index in [-0.39, 0.29) is 18.0 Å². The zero-order chi connectivity index (χ0) is 23.1. The number of fused-ring (bicyclic) bond motifs is 3. The minimum absolute atomic E-state index is 0.184. The van der Waals surface area contributed by atoms with E-state index in [2.05, 4.69) is 5.32 Å². The molecule has 168 valence electrons. The number of hydrogen-bond donors (Lipinski definition) is 1. The number of carbonyl (C=O) groups is 1. The molecule has 0 unspecified atom stereocenters. The number of aryl methyl sites for hydroxylation is 3. The van der Waals surface area contributed by atoms with Crippen LogP contribution in [-0.2, 0) is 24.2 Å². The third-order valence-corrected chi connectivity index (χ3v) is 7.53. The number of hydrogen-bond acceptors (Lipinski definition) is 4. The van der Waals surface area contributed by atoms with Crippen LogP contribution in [0.2, 0.25) is 5.02 Å². The van der Waals surface area contributed by atoms with Gasteiger partial charge in [-0.05, 0) is 74.6 Å². The van der Waals surface area contributed by atoms with Crippen LogP contribution in [0.15, 0.2) is 58.1 Å². The number of amides is 1. The number of anilines is 1. The SMILES string of the molecule is Cc1ccc(NC(=O)Cn2c(=O)n(-c3ccc(Cl)cc3)c(=O)c3c4c(sc32)CCCC4)cc1. The zero-order valence-electron chi connectivity index (χ0n) is 18.1. The zero-order valence-corrected chi connectivity index (χ0v) is 19.6. The van der Waals surface area contributed by atoms with Gasteiger partial charge in [0.1, 0.15) is 11.4 Å². The molecule has 1 aliphatic rings. The van der Waals surface area contributed by atoms with E-state index in [9.17, 15) is 14.4 Å². The van der Waals surface area contributed by atoms with E-state index in [1.54, 1.807) is 24.3 Å². The number of rotatable bonds is 4. The van der Waals surface area contributed by atoms with Crippen molar-refractivity contribution in [1.29, 1.82) is 0 Å². The largest absolute Gasteiger partial charge is 0.337 e. The van der Waals surface area contributed by atoms with Crippen LogP contribution in [0.4, 0.5) is 5.69 Å². The molecule has 1 amide bonds. The van der Waals surface area contributed by atoms with Crippen molar-refractivity contribution < 1.29 is 4.79 Å². The highest BCUT2D eigenvalue weighted by Crippen LogP contribution is 2.34. The predicted molar refractivity (Wildman–Crippen MR) is 133 cm³/mol. The Balaban J connectivity index is 1.66. The average molecular weight is 480 g/mol. The van der Waals surface area contributed by atoms with E-state index < -0.39 is 5.69 Å². The van der Waals surface area contributed by atoms with Crippen molar-refractivity contribution in [3.05, 3.63) is 90.4 Å². The molecule has 0 bridgehead atoms. The van der Waals surface area contributed by atoms with E-state index in [1.807, 2.05) is 31.2 Å². The lowest BCUT2D eigenvalue weighted by Gasteiger charge is -2.14. The molecule has 0 spiro atoms. The summed E-state index contributed by atoms with van der Waals surface area (Å²) in [6.07, 6.45) is 3.76. The Labute approximate surface area is 199 Å². The topological polar surface area (TPSA) is 73.1 Å². The van der Waals surface area contributed by atoms with E-state index in [0.717, 1.165) is 46.3 Å². The highest BCUT2D eigenvalue weighted by atomic mass is 35.5. The van der Waals surface area contributed by atoms with Gasteiger partial charge in [-0.15, -0.1) is 11.3 Å². The Hall–Kier alpha value is -3.16. The number of thiophene rings is 1. The van der Waals surface area contributed by atoms with E-state index >= 15 is 0 Å². The van der Waals surface area contributed by atoms with Crippen LogP contribution in [0.3, 0.4) is 0 Å². The normalized spacial score (nSPS) is 13.2. The smallest absolute Gasteiger partial charge is 0.325 e. The van der Waals surface area contributed by atoms with Crippen molar-refractivity contribution in [3.63, 3.8) is 0 Å². The predicted octanol–water partition coefficient (Wildman–Crippen LogP) is 4.69. The summed E-state index contributed by atoms with van der Waals surface area (Å²) in [7, 11) is 0. The van der Waals surface area contributed by atoms with Crippen LogP contribution in [0.25, 0.3) is 15.9 Å². The fourth-order valence-corrected chi connectivity index (χ4v) is 5.81. The molecule has 2 aromatic heterocycles. The number of halogens is 1. The van der Waals surface area contributed by atoms with Crippen LogP contribution in [0, 0.1) is 6.92 Å². The lowest BCUT2D eigenvalue weighted by molar-refractivity contribution is -0.116. The molecular weight excluding hydrogens is 458 g/mol. The molecule has 0 radical (unpaired) electrons. The molecule has 8 heteroatoms. The molecule has 4 aromatic rings. The van der Waals surface area contributed by atoms with Crippen molar-refractivity contribution in [1.82, 2.24) is 9.13 Å². The molecule has 0 atom stereocenters. The molecule has 5 rings (SSSR count). The number of carbonyl (C=O) groups excluding carboxylic acids is 1. The molecule has 2 aromatic carbocycles. The Morgan fingerprint density at radius 1 is 1.03 bits per heavy atom. The number of aromatic nitrogens is 2. The summed E-state index contributed by atoms with van der Waals surface area (Å²) in [5.41, 5.74) is 2.32. The van der Waals surface area contributed by atoms with Gasteiger partial charge in [0.15, 0.2) is 0 Å². The standard InChI is InChI=1S/C25H22ClN3O3S/c1-15-6-10-17(11-7-15)27-21(30)14-28-24-22(19-4-2-3-5-20(19)33-24)23(31)29(25(28)32)18-12-8-16(26)9-13-18/h6-13H,2-5,14H2,1H3,(H,27,30). The van der Waals surface area contributed by atoms with Gasteiger partial charge in [-0.3, -0.25) is 14.2 Å². The summed E-state index contributed by atoms with van der Waals surface area (Å²) < 4.78 is 2.58. The summed E-state index contributed by atoms with van der Waals surface area (Å²) in [4.78, 5) is 41.7. The summed E-state index contributed by atoms with van der Waals surface area (Å²) in [5.74, 6) is -0.324. The molecule has 2 heterocycles. The van der Waals surface area contributed by atoms with E-state index in [1.165, 1.54) is 15.9 Å². The van der Waals surface area contributed by atoms with Crippen LogP contribution in [0.5, 0.6) is 0 Å². The number of nitrogens with one attached hydrogen (secondary N) is 1. The maximum Gasteiger partial charge on any atom is 0.337 e. The number of benzene rings is 2. The first kappa shape index (κ1) is 21.7. The van der Waals surface area contributed by atoms with Gasteiger partial charge < -0.3 is 5.32 Å². The van der Waals surface area contributed by atoms with Gasteiger partial charge in [-0.2, -0.15) is 0 Å². The third kappa shape index (κ3) is 4.03. The van der Waals surface area contributed by atoms with Crippen LogP contribution in [0.1, 0.15) is 28.8 Å². The monoisotopic (exact) mass is 479 g/mol. The Morgan fingerprint density at radius 2 is 1.73 bits per heavy atom. The van der Waals surface area contributed by atoms with E-state index in [4.69, 9.17) is 11.6 Å². The van der Waals surface area contributed by atoms with Crippen molar-refractivity contribution in [2.75, 3.05) is 5.32 Å². The second kappa shape index (κ2) is 8.65. The third-order valence-electron chi connectivity index (χ3n) is 5.96. The van der Waals surface area contributed by atoms with E-state index in [0.29, 0.717) is 26.6 Å². The highest BCUT2D eigenvalue weighted by Gasteiger charge is 2.25. The molecule has 1 aliphatic carbocycles. The van der Waals surface area contributed by atoms with Crippen molar-refractivity contribution in [3.8, 4) is 5.69 Å². The summed E-state index contributed by atoms with van der Waals surface area (Å²) in [6, 6.07) is 14.0. The molecule has 0 fully saturated rings. The first-order chi connectivity index (χ1) is 15.9. The van der Waals surface area contributed by atoms with Crippen LogP contribution < -0.4 is 16.6 Å². The Morgan fingerprint density at radius 3 is 2.45 bits per heavy atom. The van der Waals surface area contributed by atoms with Gasteiger partial charge in [0.25, 0.3) is 5.56 Å². The maximum atomic E-state index is 13.6. The second-order valence-corrected chi connectivity index (χ2v) is 9.81.